The summed E-state index contributed by atoms with van der Waals surface area (Å²) in [6, 6.07) is 19.7. The number of rotatable bonds is 6. The smallest absolute Gasteiger partial charge is 0.184 e. The normalized spacial score (nSPS) is 32.6. The Labute approximate surface area is 164 Å². The molecule has 0 radical (unpaired) electrons. The van der Waals surface area contributed by atoms with Gasteiger partial charge in [0.05, 0.1) is 31.8 Å². The van der Waals surface area contributed by atoms with Crippen LogP contribution in [0.15, 0.2) is 60.7 Å². The van der Waals surface area contributed by atoms with Crippen molar-refractivity contribution in [2.75, 3.05) is 20.3 Å². The Morgan fingerprint density at radius 3 is 2.39 bits per heavy atom. The molecule has 6 atom stereocenters. The Kier molecular flexibility index (Phi) is 6.36. The maximum absolute atomic E-state index is 10.0. The van der Waals surface area contributed by atoms with E-state index in [-0.39, 0.29) is 30.8 Å². The molecule has 28 heavy (non-hydrogen) atoms. The van der Waals surface area contributed by atoms with E-state index in [2.05, 4.69) is 0 Å². The molecular formula is C22H26O6. The fourth-order valence-electron chi connectivity index (χ4n) is 3.81. The highest BCUT2D eigenvalue weighted by Crippen LogP contribution is 2.38. The van der Waals surface area contributed by atoms with E-state index in [0.29, 0.717) is 13.2 Å². The van der Waals surface area contributed by atoms with Crippen molar-refractivity contribution in [2.45, 2.75) is 37.5 Å². The van der Waals surface area contributed by atoms with Crippen molar-refractivity contribution in [3.05, 3.63) is 71.8 Å². The second-order valence-electron chi connectivity index (χ2n) is 7.06. The van der Waals surface area contributed by atoms with Gasteiger partial charge in [0.25, 0.3) is 0 Å². The van der Waals surface area contributed by atoms with Crippen molar-refractivity contribution in [2.24, 2.45) is 5.92 Å². The fraction of sp³-hybridized carbons (Fsp3) is 0.455. The Morgan fingerprint density at radius 2 is 1.71 bits per heavy atom. The van der Waals surface area contributed by atoms with E-state index < -0.39 is 12.6 Å². The first-order valence-electron chi connectivity index (χ1n) is 9.57. The van der Waals surface area contributed by atoms with Crippen LogP contribution in [-0.4, -0.2) is 50.0 Å². The first-order valence-corrected chi connectivity index (χ1v) is 9.57. The summed E-state index contributed by atoms with van der Waals surface area (Å²) < 4.78 is 29.9. The summed E-state index contributed by atoms with van der Waals surface area (Å²) in [7, 11) is 1.57. The highest BCUT2D eigenvalue weighted by Gasteiger charge is 2.50. The van der Waals surface area contributed by atoms with Crippen LogP contribution < -0.4 is 0 Å². The van der Waals surface area contributed by atoms with E-state index in [4.69, 9.17) is 23.7 Å². The molecule has 2 fully saturated rings. The van der Waals surface area contributed by atoms with Crippen molar-refractivity contribution in [3.63, 3.8) is 0 Å². The lowest BCUT2D eigenvalue weighted by atomic mass is 9.90. The second kappa shape index (κ2) is 9.13. The van der Waals surface area contributed by atoms with Crippen molar-refractivity contribution < 1.29 is 28.8 Å². The minimum absolute atomic E-state index is 0.124. The quantitative estimate of drug-likeness (QED) is 0.823. The molecule has 1 N–H and O–H groups in total. The number of hydrogen-bond donors (Lipinski definition) is 1. The third-order valence-electron chi connectivity index (χ3n) is 5.26. The van der Waals surface area contributed by atoms with Gasteiger partial charge < -0.3 is 28.8 Å². The molecule has 2 saturated heterocycles. The van der Waals surface area contributed by atoms with Gasteiger partial charge in [-0.2, -0.15) is 0 Å². The number of aliphatic hydroxyl groups excluding tert-OH is 1. The van der Waals surface area contributed by atoms with Crippen molar-refractivity contribution >= 4 is 0 Å². The summed E-state index contributed by atoms with van der Waals surface area (Å²) in [6.45, 7) is 0.663. The van der Waals surface area contributed by atoms with Gasteiger partial charge in [-0.3, -0.25) is 0 Å². The van der Waals surface area contributed by atoms with Crippen molar-refractivity contribution in [1.82, 2.24) is 0 Å². The fourth-order valence-corrected chi connectivity index (χ4v) is 3.81. The van der Waals surface area contributed by atoms with E-state index in [1.54, 1.807) is 7.11 Å². The van der Waals surface area contributed by atoms with E-state index in [1.165, 1.54) is 0 Å². The van der Waals surface area contributed by atoms with Crippen LogP contribution in [0.5, 0.6) is 0 Å². The average molecular weight is 386 g/mol. The molecule has 2 heterocycles. The van der Waals surface area contributed by atoms with E-state index in [1.807, 2.05) is 60.7 Å². The molecule has 2 aliphatic heterocycles. The third-order valence-corrected chi connectivity index (χ3v) is 5.26. The van der Waals surface area contributed by atoms with Gasteiger partial charge in [0, 0.05) is 12.7 Å². The molecular weight excluding hydrogens is 360 g/mol. The Morgan fingerprint density at radius 1 is 1.00 bits per heavy atom. The summed E-state index contributed by atoms with van der Waals surface area (Å²) >= 11 is 0. The van der Waals surface area contributed by atoms with Gasteiger partial charge in [-0.05, 0) is 5.56 Å². The maximum atomic E-state index is 10.0. The number of methoxy groups -OCH3 is 1. The predicted octanol–water partition coefficient (Wildman–Crippen LogP) is 2.67. The van der Waals surface area contributed by atoms with E-state index in [9.17, 15) is 5.11 Å². The van der Waals surface area contributed by atoms with E-state index >= 15 is 0 Å². The molecule has 0 aromatic heterocycles. The zero-order chi connectivity index (χ0) is 19.3. The molecule has 2 aromatic rings. The minimum atomic E-state index is -0.576. The van der Waals surface area contributed by atoms with Gasteiger partial charge in [0.15, 0.2) is 12.6 Å². The largest absolute Gasteiger partial charge is 0.396 e. The molecule has 150 valence electrons. The summed E-state index contributed by atoms with van der Waals surface area (Å²) in [5.74, 6) is -0.357. The van der Waals surface area contributed by atoms with Gasteiger partial charge in [-0.25, -0.2) is 0 Å². The molecule has 2 aliphatic rings. The first-order chi connectivity index (χ1) is 13.8. The molecule has 0 amide bonds. The van der Waals surface area contributed by atoms with Gasteiger partial charge in [-0.1, -0.05) is 60.7 Å². The monoisotopic (exact) mass is 386 g/mol. The lowest BCUT2D eigenvalue weighted by Gasteiger charge is -2.48. The lowest BCUT2D eigenvalue weighted by Crippen LogP contribution is -2.61. The molecule has 6 heteroatoms. The van der Waals surface area contributed by atoms with E-state index in [0.717, 1.165) is 11.1 Å². The van der Waals surface area contributed by atoms with Crippen LogP contribution in [0.25, 0.3) is 0 Å². The minimum Gasteiger partial charge on any atom is -0.396 e. The van der Waals surface area contributed by atoms with Crippen LogP contribution >= 0.6 is 0 Å². The molecule has 0 saturated carbocycles. The second-order valence-corrected chi connectivity index (χ2v) is 7.06. The lowest BCUT2D eigenvalue weighted by molar-refractivity contribution is -0.358. The topological polar surface area (TPSA) is 66.4 Å². The number of ether oxygens (including phenoxy) is 5. The SMILES string of the molecule is CO[C@H]1O[C@@H]2CO[C@@H](c3ccccc3)O[C@H]2[C@H](OCc2ccccc2)[C@@H]1CO. The Bertz CT molecular complexity index is 724. The highest BCUT2D eigenvalue weighted by atomic mass is 16.7. The molecule has 2 aromatic carbocycles. The first kappa shape index (κ1) is 19.5. The van der Waals surface area contributed by atoms with Crippen molar-refractivity contribution in [1.29, 1.82) is 0 Å². The number of hydrogen-bond acceptors (Lipinski definition) is 6. The van der Waals surface area contributed by atoms with Crippen LogP contribution in [0.1, 0.15) is 17.4 Å². The van der Waals surface area contributed by atoms with Gasteiger partial charge >= 0.3 is 0 Å². The highest BCUT2D eigenvalue weighted by molar-refractivity contribution is 5.17. The molecule has 0 aliphatic carbocycles. The van der Waals surface area contributed by atoms with Crippen LogP contribution in [0, 0.1) is 5.92 Å². The van der Waals surface area contributed by atoms with Crippen LogP contribution in [0.3, 0.4) is 0 Å². The zero-order valence-electron chi connectivity index (χ0n) is 15.8. The van der Waals surface area contributed by atoms with Gasteiger partial charge in [0.1, 0.15) is 12.2 Å². The van der Waals surface area contributed by atoms with Crippen LogP contribution in [0.4, 0.5) is 0 Å². The molecule has 0 bridgehead atoms. The Balaban J connectivity index is 1.54. The molecule has 4 rings (SSSR count). The number of fused-ring (bicyclic) bond motifs is 1. The molecule has 6 nitrogen and oxygen atoms in total. The summed E-state index contributed by atoms with van der Waals surface area (Å²) in [6.07, 6.45) is -2.15. The molecule has 0 unspecified atom stereocenters. The zero-order valence-corrected chi connectivity index (χ0v) is 15.8. The van der Waals surface area contributed by atoms with Gasteiger partial charge in [0.2, 0.25) is 0 Å². The Hall–Kier alpha value is -1.80. The third kappa shape index (κ3) is 4.12. The predicted molar refractivity (Wildman–Crippen MR) is 101 cm³/mol. The van der Waals surface area contributed by atoms with Crippen LogP contribution in [-0.2, 0) is 30.3 Å². The summed E-state index contributed by atoms with van der Waals surface area (Å²) in [5, 5.41) is 10.0. The summed E-state index contributed by atoms with van der Waals surface area (Å²) in [4.78, 5) is 0. The average Bonchev–Trinajstić information content (AvgIpc) is 2.77. The standard InChI is InChI=1S/C22H26O6/c1-24-22-17(12-23)19(25-13-15-8-4-2-5-9-15)20-18(27-22)14-26-21(28-20)16-10-6-3-7-11-16/h2-11,17-23H,12-14H2,1H3/t17-,18+,19+,20+,21+,22-/m0/s1. The maximum Gasteiger partial charge on any atom is 0.184 e. The molecule has 0 spiro atoms. The van der Waals surface area contributed by atoms with Gasteiger partial charge in [-0.15, -0.1) is 0 Å². The summed E-state index contributed by atoms with van der Waals surface area (Å²) in [5.41, 5.74) is 2.00. The number of aliphatic hydroxyl groups is 1. The van der Waals surface area contributed by atoms with Crippen molar-refractivity contribution in [3.8, 4) is 0 Å². The van der Waals surface area contributed by atoms with Crippen LogP contribution in [0.2, 0.25) is 0 Å². The number of benzene rings is 2.